The molecule has 1 aromatic carbocycles. The van der Waals surface area contributed by atoms with Gasteiger partial charge in [-0.15, -0.1) is 5.10 Å². The zero-order valence-corrected chi connectivity index (χ0v) is 15.9. The Balaban J connectivity index is 1.63. The lowest BCUT2D eigenvalue weighted by Gasteiger charge is -2.07. The van der Waals surface area contributed by atoms with Crippen LogP contribution >= 0.6 is 0 Å². The molecule has 0 amide bonds. The second-order valence-electron chi connectivity index (χ2n) is 7.05. The highest BCUT2D eigenvalue weighted by Gasteiger charge is 2.18. The molecular weight excluding hydrogens is 348 g/mol. The molecule has 0 aliphatic rings. The average Bonchev–Trinajstić information content (AvgIpc) is 3.23. The van der Waals surface area contributed by atoms with Crippen molar-refractivity contribution in [3.63, 3.8) is 0 Å². The van der Waals surface area contributed by atoms with E-state index in [1.165, 1.54) is 22.4 Å². The fourth-order valence-electron chi connectivity index (χ4n) is 3.69. The molecule has 138 valence electrons. The summed E-state index contributed by atoms with van der Waals surface area (Å²) in [5.74, 6) is 0.805. The Hall–Kier alpha value is -3.54. The molecule has 0 aliphatic heterocycles. The lowest BCUT2D eigenvalue weighted by atomic mass is 10.1. The van der Waals surface area contributed by atoms with E-state index in [1.807, 2.05) is 42.7 Å². The highest BCUT2D eigenvalue weighted by atomic mass is 15.3. The van der Waals surface area contributed by atoms with Crippen LogP contribution in [-0.2, 0) is 13.0 Å². The summed E-state index contributed by atoms with van der Waals surface area (Å²) < 4.78 is 4.04. The first-order valence-electron chi connectivity index (χ1n) is 9.33. The summed E-state index contributed by atoms with van der Waals surface area (Å²) in [6.07, 6.45) is 6.12. The van der Waals surface area contributed by atoms with E-state index in [0.29, 0.717) is 6.42 Å². The molecule has 0 unspecified atom stereocenters. The van der Waals surface area contributed by atoms with E-state index < -0.39 is 0 Å². The monoisotopic (exact) mass is 368 g/mol. The molecular formula is C22H20N6. The molecule has 6 nitrogen and oxygen atoms in total. The van der Waals surface area contributed by atoms with Gasteiger partial charge in [-0.3, -0.25) is 4.98 Å². The molecule has 5 aromatic rings. The van der Waals surface area contributed by atoms with Crippen LogP contribution in [0.1, 0.15) is 28.2 Å². The second-order valence-corrected chi connectivity index (χ2v) is 7.05. The molecule has 4 heterocycles. The van der Waals surface area contributed by atoms with Crippen molar-refractivity contribution in [2.24, 2.45) is 0 Å². The maximum Gasteiger partial charge on any atom is 0.168 e. The smallest absolute Gasteiger partial charge is 0.168 e. The molecule has 0 atom stereocenters. The van der Waals surface area contributed by atoms with E-state index in [-0.39, 0.29) is 0 Å². The molecule has 0 spiro atoms. The molecule has 0 fully saturated rings. The summed E-state index contributed by atoms with van der Waals surface area (Å²) in [4.78, 5) is 13.7. The zero-order chi connectivity index (χ0) is 19.1. The summed E-state index contributed by atoms with van der Waals surface area (Å²) >= 11 is 0. The van der Waals surface area contributed by atoms with Gasteiger partial charge in [0.25, 0.3) is 0 Å². The Morgan fingerprint density at radius 3 is 2.46 bits per heavy atom. The van der Waals surface area contributed by atoms with Gasteiger partial charge in [-0.25, -0.2) is 14.5 Å². The average molecular weight is 368 g/mol. The van der Waals surface area contributed by atoms with Crippen LogP contribution in [0.25, 0.3) is 16.7 Å². The van der Waals surface area contributed by atoms with Crippen LogP contribution in [-0.4, -0.2) is 29.1 Å². The van der Waals surface area contributed by atoms with E-state index in [0.717, 1.165) is 29.0 Å². The van der Waals surface area contributed by atoms with Crippen LogP contribution < -0.4 is 0 Å². The predicted octanol–water partition coefficient (Wildman–Crippen LogP) is 3.73. The number of benzene rings is 1. The first-order chi connectivity index (χ1) is 13.7. The maximum atomic E-state index is 4.85. The first kappa shape index (κ1) is 16.6. The normalized spacial score (nSPS) is 11.5. The zero-order valence-electron chi connectivity index (χ0n) is 15.9. The van der Waals surface area contributed by atoms with Gasteiger partial charge in [0, 0.05) is 31.1 Å². The van der Waals surface area contributed by atoms with Crippen LogP contribution in [0.4, 0.5) is 0 Å². The molecule has 0 radical (unpaired) electrons. The van der Waals surface area contributed by atoms with Crippen molar-refractivity contribution in [2.45, 2.75) is 26.8 Å². The molecule has 0 bridgehead atoms. The lowest BCUT2D eigenvalue weighted by Crippen LogP contribution is -2.03. The standard InChI is InChI=1S/C22H20N6/c1-15-16(2)27(13-18-8-10-23-11-9-18)21-20(15)22-25-19(26-28(22)14-24-21)12-17-6-4-3-5-7-17/h3-11,14H,12-13H2,1-2H3. The van der Waals surface area contributed by atoms with E-state index >= 15 is 0 Å². The van der Waals surface area contributed by atoms with Gasteiger partial charge in [0.05, 0.1) is 5.39 Å². The van der Waals surface area contributed by atoms with Gasteiger partial charge in [-0.05, 0) is 42.7 Å². The number of aryl methyl sites for hydroxylation is 1. The Kier molecular flexibility index (Phi) is 3.90. The van der Waals surface area contributed by atoms with Gasteiger partial charge in [-0.2, -0.15) is 0 Å². The quantitative estimate of drug-likeness (QED) is 0.485. The number of aromatic nitrogens is 6. The van der Waals surface area contributed by atoms with Gasteiger partial charge < -0.3 is 4.57 Å². The minimum absolute atomic E-state index is 0.708. The van der Waals surface area contributed by atoms with Crippen molar-refractivity contribution in [1.29, 1.82) is 0 Å². The van der Waals surface area contributed by atoms with Crippen LogP contribution in [0.5, 0.6) is 0 Å². The fraction of sp³-hybridized carbons (Fsp3) is 0.182. The van der Waals surface area contributed by atoms with Gasteiger partial charge in [0.1, 0.15) is 12.0 Å². The number of nitrogens with zero attached hydrogens (tertiary/aromatic N) is 6. The van der Waals surface area contributed by atoms with Crippen LogP contribution in [0, 0.1) is 13.8 Å². The van der Waals surface area contributed by atoms with Crippen molar-refractivity contribution >= 4 is 16.7 Å². The SMILES string of the molecule is Cc1c(C)n(Cc2ccncc2)c2ncn3nc(Cc4ccccc4)nc3c12. The Labute approximate surface area is 162 Å². The van der Waals surface area contributed by atoms with Crippen molar-refractivity contribution in [2.75, 3.05) is 0 Å². The summed E-state index contributed by atoms with van der Waals surface area (Å²) in [7, 11) is 0. The van der Waals surface area contributed by atoms with Crippen LogP contribution in [0.15, 0.2) is 61.2 Å². The van der Waals surface area contributed by atoms with Gasteiger partial charge in [-0.1, -0.05) is 30.3 Å². The summed E-state index contributed by atoms with van der Waals surface area (Å²) in [6, 6.07) is 14.4. The molecule has 0 N–H and O–H groups in total. The summed E-state index contributed by atoms with van der Waals surface area (Å²) in [5, 5.41) is 5.72. The van der Waals surface area contributed by atoms with Gasteiger partial charge in [0.2, 0.25) is 0 Å². The van der Waals surface area contributed by atoms with E-state index in [2.05, 4.69) is 40.6 Å². The number of rotatable bonds is 4. The lowest BCUT2D eigenvalue weighted by molar-refractivity contribution is 0.785. The Morgan fingerprint density at radius 1 is 0.893 bits per heavy atom. The molecule has 4 aromatic heterocycles. The molecule has 0 aliphatic carbocycles. The Bertz CT molecular complexity index is 1270. The molecule has 0 saturated heterocycles. The first-order valence-corrected chi connectivity index (χ1v) is 9.33. The van der Waals surface area contributed by atoms with Crippen molar-refractivity contribution in [3.8, 4) is 0 Å². The van der Waals surface area contributed by atoms with Crippen molar-refractivity contribution in [1.82, 2.24) is 29.1 Å². The highest BCUT2D eigenvalue weighted by Crippen LogP contribution is 2.27. The minimum atomic E-state index is 0.708. The van der Waals surface area contributed by atoms with E-state index in [9.17, 15) is 0 Å². The minimum Gasteiger partial charge on any atom is -0.325 e. The largest absolute Gasteiger partial charge is 0.325 e. The molecule has 28 heavy (non-hydrogen) atoms. The second kappa shape index (κ2) is 6.56. The van der Waals surface area contributed by atoms with Crippen molar-refractivity contribution < 1.29 is 0 Å². The molecule has 0 saturated carbocycles. The number of pyridine rings is 1. The third kappa shape index (κ3) is 2.74. The summed E-state index contributed by atoms with van der Waals surface area (Å²) in [6.45, 7) is 5.02. The van der Waals surface area contributed by atoms with Gasteiger partial charge in [0.15, 0.2) is 11.5 Å². The maximum absolute atomic E-state index is 4.85. The third-order valence-corrected chi connectivity index (χ3v) is 5.29. The topological polar surface area (TPSA) is 60.9 Å². The number of fused-ring (bicyclic) bond motifs is 3. The summed E-state index contributed by atoms with van der Waals surface area (Å²) in [5.41, 5.74) is 6.59. The molecule has 6 heteroatoms. The number of hydrogen-bond donors (Lipinski definition) is 0. The third-order valence-electron chi connectivity index (χ3n) is 5.29. The van der Waals surface area contributed by atoms with E-state index in [4.69, 9.17) is 9.97 Å². The van der Waals surface area contributed by atoms with E-state index in [1.54, 1.807) is 10.8 Å². The predicted molar refractivity (Wildman–Crippen MR) is 108 cm³/mol. The van der Waals surface area contributed by atoms with Crippen LogP contribution in [0.2, 0.25) is 0 Å². The molecule has 5 rings (SSSR count). The van der Waals surface area contributed by atoms with Crippen molar-refractivity contribution in [3.05, 3.63) is 89.4 Å². The Morgan fingerprint density at radius 2 is 1.68 bits per heavy atom. The number of hydrogen-bond acceptors (Lipinski definition) is 4. The highest BCUT2D eigenvalue weighted by molar-refractivity contribution is 5.93. The van der Waals surface area contributed by atoms with Gasteiger partial charge >= 0.3 is 0 Å². The fourth-order valence-corrected chi connectivity index (χ4v) is 3.69. The van der Waals surface area contributed by atoms with Crippen LogP contribution in [0.3, 0.4) is 0 Å².